The summed E-state index contributed by atoms with van der Waals surface area (Å²) in [4.78, 5) is 12.5. The van der Waals surface area contributed by atoms with E-state index >= 15 is 0 Å². The molecule has 0 heterocycles. The largest absolute Gasteiger partial charge is 0.379 e. The predicted molar refractivity (Wildman–Crippen MR) is 82.5 cm³/mol. The molecule has 1 aromatic rings. The van der Waals surface area contributed by atoms with Crippen LogP contribution in [-0.4, -0.2) is 31.7 Å². The minimum Gasteiger partial charge on any atom is -0.379 e. The summed E-state index contributed by atoms with van der Waals surface area (Å²) in [5.41, 5.74) is 2.05. The van der Waals surface area contributed by atoms with Gasteiger partial charge in [-0.15, -0.1) is 0 Å². The molecule has 1 saturated carbocycles. The minimum atomic E-state index is -0.366. The Bertz CT molecular complexity index is 477. The van der Waals surface area contributed by atoms with Crippen LogP contribution in [0.2, 0.25) is 0 Å². The number of ether oxygens (including phenoxy) is 1. The van der Waals surface area contributed by atoms with Gasteiger partial charge in [0.25, 0.3) is 5.69 Å². The van der Waals surface area contributed by atoms with Gasteiger partial charge in [-0.05, 0) is 30.4 Å². The molecule has 0 radical (unpaired) electrons. The molecule has 20 heavy (non-hydrogen) atoms. The Morgan fingerprint density at radius 1 is 1.50 bits per heavy atom. The van der Waals surface area contributed by atoms with E-state index < -0.39 is 0 Å². The Hall–Kier alpha value is -1.14. The lowest BCUT2D eigenvalue weighted by Gasteiger charge is -2.21. The number of nitro groups is 1. The number of nitrogens with zero attached hydrogens (tertiary/aromatic N) is 2. The van der Waals surface area contributed by atoms with Crippen LogP contribution in [0.4, 0.5) is 11.4 Å². The molecule has 0 saturated heterocycles. The SMILES string of the molecule is CN(CCOCC1CC1)c1ccc([N+](=O)[O-])cc1CBr. The van der Waals surface area contributed by atoms with Crippen LogP contribution in [0, 0.1) is 16.0 Å². The zero-order valence-electron chi connectivity index (χ0n) is 11.5. The molecular weight excluding hydrogens is 324 g/mol. The molecule has 1 aliphatic rings. The van der Waals surface area contributed by atoms with Gasteiger partial charge in [0.05, 0.1) is 11.5 Å². The highest BCUT2D eigenvalue weighted by Crippen LogP contribution is 2.29. The second-order valence-corrected chi connectivity index (χ2v) is 5.70. The van der Waals surface area contributed by atoms with E-state index in [9.17, 15) is 10.1 Å². The molecule has 0 aliphatic heterocycles. The molecule has 0 N–H and O–H groups in total. The van der Waals surface area contributed by atoms with Crippen LogP contribution in [0.5, 0.6) is 0 Å². The van der Waals surface area contributed by atoms with Gasteiger partial charge >= 0.3 is 0 Å². The van der Waals surface area contributed by atoms with Gasteiger partial charge in [0.1, 0.15) is 0 Å². The Labute approximate surface area is 127 Å². The molecule has 0 unspecified atom stereocenters. The third-order valence-corrected chi connectivity index (χ3v) is 4.05. The summed E-state index contributed by atoms with van der Waals surface area (Å²) in [6, 6.07) is 4.96. The quantitative estimate of drug-likeness (QED) is 0.314. The zero-order valence-corrected chi connectivity index (χ0v) is 13.1. The van der Waals surface area contributed by atoms with Crippen molar-refractivity contribution < 1.29 is 9.66 Å². The number of halogens is 1. The predicted octanol–water partition coefficient (Wildman–Crippen LogP) is 3.35. The Balaban J connectivity index is 1.92. The molecule has 0 bridgehead atoms. The Morgan fingerprint density at radius 3 is 2.85 bits per heavy atom. The van der Waals surface area contributed by atoms with Crippen molar-refractivity contribution in [3.05, 3.63) is 33.9 Å². The Morgan fingerprint density at radius 2 is 2.25 bits per heavy atom. The standard InChI is InChI=1S/C14H19BrN2O3/c1-16(6-7-20-10-11-2-3-11)14-5-4-13(17(18)19)8-12(14)9-15/h4-5,8,11H,2-3,6-7,9-10H2,1H3. The average Bonchev–Trinajstić information content (AvgIpc) is 3.26. The van der Waals surface area contributed by atoms with Crippen LogP contribution < -0.4 is 4.90 Å². The summed E-state index contributed by atoms with van der Waals surface area (Å²) < 4.78 is 5.62. The van der Waals surface area contributed by atoms with E-state index in [0.29, 0.717) is 11.9 Å². The fourth-order valence-corrected chi connectivity index (χ4v) is 2.47. The first-order valence-corrected chi connectivity index (χ1v) is 7.86. The lowest BCUT2D eigenvalue weighted by atomic mass is 10.1. The number of hydrogen-bond donors (Lipinski definition) is 0. The number of likely N-dealkylation sites (N-methyl/N-ethyl adjacent to an activating group) is 1. The smallest absolute Gasteiger partial charge is 0.269 e. The van der Waals surface area contributed by atoms with Gasteiger partial charge in [-0.1, -0.05) is 15.9 Å². The third kappa shape index (κ3) is 4.18. The molecular formula is C14H19BrN2O3. The summed E-state index contributed by atoms with van der Waals surface area (Å²) in [5.74, 6) is 0.776. The Kier molecular flexibility index (Phi) is 5.37. The van der Waals surface area contributed by atoms with Crippen molar-refractivity contribution in [1.29, 1.82) is 0 Å². The second-order valence-electron chi connectivity index (χ2n) is 5.14. The van der Waals surface area contributed by atoms with Crippen LogP contribution >= 0.6 is 15.9 Å². The van der Waals surface area contributed by atoms with E-state index in [1.165, 1.54) is 12.8 Å². The lowest BCUT2D eigenvalue weighted by molar-refractivity contribution is -0.384. The van der Waals surface area contributed by atoms with E-state index in [-0.39, 0.29) is 10.6 Å². The molecule has 2 rings (SSSR count). The maximum Gasteiger partial charge on any atom is 0.269 e. The van der Waals surface area contributed by atoms with Gasteiger partial charge in [-0.2, -0.15) is 0 Å². The normalized spacial score (nSPS) is 14.3. The molecule has 0 spiro atoms. The first-order chi connectivity index (χ1) is 9.61. The van der Waals surface area contributed by atoms with Crippen molar-refractivity contribution in [1.82, 2.24) is 0 Å². The highest BCUT2D eigenvalue weighted by molar-refractivity contribution is 9.08. The zero-order chi connectivity index (χ0) is 14.5. The average molecular weight is 343 g/mol. The minimum absolute atomic E-state index is 0.126. The van der Waals surface area contributed by atoms with Crippen LogP contribution in [0.3, 0.4) is 0 Å². The van der Waals surface area contributed by atoms with Crippen molar-refractivity contribution in [3.63, 3.8) is 0 Å². The molecule has 5 nitrogen and oxygen atoms in total. The fraction of sp³-hybridized carbons (Fsp3) is 0.571. The molecule has 1 aromatic carbocycles. The second kappa shape index (κ2) is 7.04. The van der Waals surface area contributed by atoms with Crippen LogP contribution in [-0.2, 0) is 10.1 Å². The van der Waals surface area contributed by atoms with Gasteiger partial charge in [0.2, 0.25) is 0 Å². The maximum absolute atomic E-state index is 10.8. The van der Waals surface area contributed by atoms with Gasteiger partial charge in [-0.25, -0.2) is 0 Å². The van der Waals surface area contributed by atoms with Gasteiger partial charge in [0.15, 0.2) is 0 Å². The number of alkyl halides is 1. The van der Waals surface area contributed by atoms with E-state index in [2.05, 4.69) is 20.8 Å². The van der Waals surface area contributed by atoms with Crippen molar-refractivity contribution in [2.45, 2.75) is 18.2 Å². The van der Waals surface area contributed by atoms with Gasteiger partial charge in [0, 0.05) is 43.3 Å². The molecule has 1 aliphatic carbocycles. The summed E-state index contributed by atoms with van der Waals surface area (Å²) in [6.07, 6.45) is 2.60. The first kappa shape index (κ1) is 15.3. The summed E-state index contributed by atoms with van der Waals surface area (Å²) in [5, 5.41) is 11.4. The van der Waals surface area contributed by atoms with Gasteiger partial charge < -0.3 is 9.64 Å². The van der Waals surface area contributed by atoms with E-state index in [4.69, 9.17) is 4.74 Å². The molecule has 0 amide bonds. The van der Waals surface area contributed by atoms with Gasteiger partial charge in [-0.3, -0.25) is 10.1 Å². The van der Waals surface area contributed by atoms with Crippen molar-refractivity contribution in [2.24, 2.45) is 5.92 Å². The molecule has 1 fully saturated rings. The maximum atomic E-state index is 10.8. The highest BCUT2D eigenvalue weighted by atomic mass is 79.9. The van der Waals surface area contributed by atoms with Crippen LogP contribution in [0.25, 0.3) is 0 Å². The van der Waals surface area contributed by atoms with Crippen molar-refractivity contribution in [2.75, 3.05) is 31.7 Å². The number of hydrogen-bond acceptors (Lipinski definition) is 4. The van der Waals surface area contributed by atoms with Crippen molar-refractivity contribution in [3.8, 4) is 0 Å². The first-order valence-electron chi connectivity index (χ1n) is 6.74. The van der Waals surface area contributed by atoms with Crippen LogP contribution in [0.15, 0.2) is 18.2 Å². The number of anilines is 1. The summed E-state index contributed by atoms with van der Waals surface area (Å²) >= 11 is 3.39. The number of non-ortho nitro benzene ring substituents is 1. The number of benzene rings is 1. The third-order valence-electron chi connectivity index (χ3n) is 3.45. The van der Waals surface area contributed by atoms with E-state index in [1.807, 2.05) is 7.05 Å². The topological polar surface area (TPSA) is 55.6 Å². The summed E-state index contributed by atoms with van der Waals surface area (Å²) in [7, 11) is 1.98. The van der Waals surface area contributed by atoms with Crippen LogP contribution in [0.1, 0.15) is 18.4 Å². The molecule has 110 valence electrons. The van der Waals surface area contributed by atoms with E-state index in [1.54, 1.807) is 18.2 Å². The number of rotatable bonds is 8. The lowest BCUT2D eigenvalue weighted by Crippen LogP contribution is -2.24. The highest BCUT2D eigenvalue weighted by Gasteiger charge is 2.21. The monoisotopic (exact) mass is 342 g/mol. The molecule has 0 atom stereocenters. The van der Waals surface area contributed by atoms with Crippen molar-refractivity contribution >= 4 is 27.3 Å². The molecule has 0 aromatic heterocycles. The number of nitro benzene ring substituents is 1. The fourth-order valence-electron chi connectivity index (χ4n) is 2.02. The summed E-state index contributed by atoms with van der Waals surface area (Å²) in [6.45, 7) is 2.33. The molecule has 6 heteroatoms. The van der Waals surface area contributed by atoms with E-state index in [0.717, 1.165) is 30.3 Å².